The fourth-order valence-electron chi connectivity index (χ4n) is 2.64. The molecule has 0 bridgehead atoms. The molecule has 19 heavy (non-hydrogen) atoms. The van der Waals surface area contributed by atoms with Gasteiger partial charge in [-0.05, 0) is 55.9 Å². The molecule has 0 spiro atoms. The quantitative estimate of drug-likeness (QED) is 0.912. The smallest absolute Gasteiger partial charge is 0.243 e. The second kappa shape index (κ2) is 4.04. The Hall–Kier alpha value is -0.910. The first-order chi connectivity index (χ1) is 8.83. The molecule has 5 heteroatoms. The molecule has 1 heterocycles. The zero-order chi connectivity index (χ0) is 13.8. The Morgan fingerprint density at radius 2 is 1.84 bits per heavy atom. The molecule has 104 valence electrons. The van der Waals surface area contributed by atoms with E-state index in [0.717, 1.165) is 24.0 Å². The highest BCUT2D eigenvalue weighted by molar-refractivity contribution is 7.89. The van der Waals surface area contributed by atoms with E-state index in [-0.39, 0.29) is 13.1 Å². The molecular formula is C14H19NO3S. The number of nitrogens with zero attached hydrogens (tertiary/aromatic N) is 1. The van der Waals surface area contributed by atoms with E-state index in [1.54, 1.807) is 12.1 Å². The number of hydrogen-bond donors (Lipinski definition) is 1. The number of benzene rings is 1. The van der Waals surface area contributed by atoms with Crippen LogP contribution in [0.4, 0.5) is 0 Å². The summed E-state index contributed by atoms with van der Waals surface area (Å²) in [5, 5.41) is 10.2. The fraction of sp³-hybridized carbons (Fsp3) is 0.571. The van der Waals surface area contributed by atoms with Crippen LogP contribution < -0.4 is 0 Å². The average molecular weight is 281 g/mol. The van der Waals surface area contributed by atoms with Gasteiger partial charge in [-0.1, -0.05) is 6.07 Å². The van der Waals surface area contributed by atoms with E-state index in [1.165, 1.54) is 4.31 Å². The van der Waals surface area contributed by atoms with Crippen molar-refractivity contribution in [2.45, 2.75) is 37.2 Å². The minimum absolute atomic E-state index is 0.243. The standard InChI is InChI=1S/C14H19NO3S/c1-10-3-6-13(7-11(10)2)19(17,18)15-8-14(16,9-15)12-4-5-12/h3,6-7,12,16H,4-5,8-9H2,1-2H3. The van der Waals surface area contributed by atoms with Crippen molar-refractivity contribution >= 4 is 10.0 Å². The SMILES string of the molecule is Cc1ccc(S(=O)(=O)N2CC(O)(C3CC3)C2)cc1C. The number of sulfonamides is 1. The Bertz CT molecular complexity index is 614. The lowest BCUT2D eigenvalue weighted by Crippen LogP contribution is -2.64. The number of rotatable bonds is 3. The second-order valence-electron chi connectivity index (χ2n) is 5.90. The average Bonchev–Trinajstić information content (AvgIpc) is 3.12. The third kappa shape index (κ3) is 2.10. The van der Waals surface area contributed by atoms with Crippen molar-refractivity contribution in [3.8, 4) is 0 Å². The van der Waals surface area contributed by atoms with E-state index in [0.29, 0.717) is 10.8 Å². The van der Waals surface area contributed by atoms with Crippen LogP contribution in [0.3, 0.4) is 0 Å². The lowest BCUT2D eigenvalue weighted by molar-refractivity contribution is -0.0764. The van der Waals surface area contributed by atoms with Crippen LogP contribution in [0.15, 0.2) is 23.1 Å². The number of aliphatic hydroxyl groups is 1. The van der Waals surface area contributed by atoms with E-state index >= 15 is 0 Å². The highest BCUT2D eigenvalue weighted by Crippen LogP contribution is 2.45. The predicted octanol–water partition coefficient (Wildman–Crippen LogP) is 1.45. The van der Waals surface area contributed by atoms with Crippen LogP contribution in [0.1, 0.15) is 24.0 Å². The monoisotopic (exact) mass is 281 g/mol. The molecule has 1 N–H and O–H groups in total. The predicted molar refractivity (Wildman–Crippen MR) is 72.3 cm³/mol. The Morgan fingerprint density at radius 3 is 2.37 bits per heavy atom. The molecule has 1 aliphatic carbocycles. The maximum absolute atomic E-state index is 12.4. The normalized spacial score (nSPS) is 23.1. The summed E-state index contributed by atoms with van der Waals surface area (Å²) in [7, 11) is -3.44. The van der Waals surface area contributed by atoms with Crippen molar-refractivity contribution in [1.29, 1.82) is 0 Å². The van der Waals surface area contributed by atoms with Crippen molar-refractivity contribution in [3.05, 3.63) is 29.3 Å². The van der Waals surface area contributed by atoms with Gasteiger partial charge in [0.05, 0.1) is 10.5 Å². The number of aryl methyl sites for hydroxylation is 2. The van der Waals surface area contributed by atoms with Gasteiger partial charge >= 0.3 is 0 Å². The Kier molecular flexibility index (Phi) is 2.78. The number of hydrogen-bond acceptors (Lipinski definition) is 3. The summed E-state index contributed by atoms with van der Waals surface area (Å²) in [6.45, 7) is 4.35. The van der Waals surface area contributed by atoms with Gasteiger partial charge in [-0.2, -0.15) is 4.31 Å². The maximum Gasteiger partial charge on any atom is 0.243 e. The molecule has 1 aromatic rings. The van der Waals surface area contributed by atoms with Crippen molar-refractivity contribution in [2.24, 2.45) is 5.92 Å². The van der Waals surface area contributed by atoms with Gasteiger partial charge in [0.25, 0.3) is 0 Å². The van der Waals surface area contributed by atoms with E-state index in [4.69, 9.17) is 0 Å². The first-order valence-electron chi connectivity index (χ1n) is 6.63. The lowest BCUT2D eigenvalue weighted by Gasteiger charge is -2.45. The summed E-state index contributed by atoms with van der Waals surface area (Å²) in [4.78, 5) is 0.327. The maximum atomic E-state index is 12.4. The zero-order valence-corrected chi connectivity index (χ0v) is 12.1. The van der Waals surface area contributed by atoms with Gasteiger partial charge < -0.3 is 5.11 Å². The zero-order valence-electron chi connectivity index (χ0n) is 11.3. The second-order valence-corrected chi connectivity index (χ2v) is 7.83. The van der Waals surface area contributed by atoms with Gasteiger partial charge in [-0.15, -0.1) is 0 Å². The largest absolute Gasteiger partial charge is 0.387 e. The van der Waals surface area contributed by atoms with Gasteiger partial charge in [0.15, 0.2) is 0 Å². The van der Waals surface area contributed by atoms with Crippen LogP contribution in [0.5, 0.6) is 0 Å². The minimum atomic E-state index is -3.44. The Morgan fingerprint density at radius 1 is 1.21 bits per heavy atom. The summed E-state index contributed by atoms with van der Waals surface area (Å²) in [5.41, 5.74) is 1.28. The molecule has 0 atom stereocenters. The molecule has 2 aliphatic rings. The van der Waals surface area contributed by atoms with E-state index < -0.39 is 15.6 Å². The molecule has 1 aliphatic heterocycles. The van der Waals surface area contributed by atoms with Crippen molar-refractivity contribution in [2.75, 3.05) is 13.1 Å². The molecule has 0 aromatic heterocycles. The Balaban J connectivity index is 1.82. The van der Waals surface area contributed by atoms with Crippen LogP contribution in [0, 0.1) is 19.8 Å². The summed E-state index contributed by atoms with van der Waals surface area (Å²) < 4.78 is 26.2. The third-order valence-electron chi connectivity index (χ3n) is 4.35. The van der Waals surface area contributed by atoms with E-state index in [2.05, 4.69) is 0 Å². The van der Waals surface area contributed by atoms with Gasteiger partial charge in [-0.3, -0.25) is 0 Å². The van der Waals surface area contributed by atoms with Gasteiger partial charge in [0.1, 0.15) is 0 Å². The molecule has 1 saturated heterocycles. The Labute approximate surface area is 114 Å². The van der Waals surface area contributed by atoms with Crippen molar-refractivity contribution in [3.63, 3.8) is 0 Å². The highest BCUT2D eigenvalue weighted by Gasteiger charge is 2.55. The van der Waals surface area contributed by atoms with Crippen molar-refractivity contribution in [1.82, 2.24) is 4.31 Å². The van der Waals surface area contributed by atoms with Crippen LogP contribution >= 0.6 is 0 Å². The molecule has 2 fully saturated rings. The van der Waals surface area contributed by atoms with Gasteiger partial charge in [-0.25, -0.2) is 8.42 Å². The summed E-state index contributed by atoms with van der Waals surface area (Å²) in [5.74, 6) is 0.304. The van der Waals surface area contributed by atoms with Crippen LogP contribution in [0.25, 0.3) is 0 Å². The summed E-state index contributed by atoms with van der Waals surface area (Å²) >= 11 is 0. The summed E-state index contributed by atoms with van der Waals surface area (Å²) in [6.07, 6.45) is 2.04. The first kappa shape index (κ1) is 13.1. The van der Waals surface area contributed by atoms with Crippen molar-refractivity contribution < 1.29 is 13.5 Å². The molecule has 0 amide bonds. The third-order valence-corrected chi connectivity index (χ3v) is 6.14. The topological polar surface area (TPSA) is 57.6 Å². The molecule has 0 unspecified atom stereocenters. The van der Waals surface area contributed by atoms with E-state index in [9.17, 15) is 13.5 Å². The lowest BCUT2D eigenvalue weighted by atomic mass is 9.91. The highest BCUT2D eigenvalue weighted by atomic mass is 32.2. The molecule has 4 nitrogen and oxygen atoms in total. The number of β-amino-alcohol motifs (C(OH)–C–C–N with tert-alkyl or cyclic N) is 1. The van der Waals surface area contributed by atoms with Gasteiger partial charge in [0, 0.05) is 13.1 Å². The molecule has 1 aromatic carbocycles. The molecule has 0 radical (unpaired) electrons. The van der Waals surface area contributed by atoms with E-state index in [1.807, 2.05) is 19.9 Å². The first-order valence-corrected chi connectivity index (χ1v) is 8.07. The molecule has 3 rings (SSSR count). The van der Waals surface area contributed by atoms with Gasteiger partial charge in [0.2, 0.25) is 10.0 Å². The molecule has 1 saturated carbocycles. The fourth-order valence-corrected chi connectivity index (χ4v) is 4.29. The van der Waals surface area contributed by atoms with Crippen LogP contribution in [-0.4, -0.2) is 36.5 Å². The minimum Gasteiger partial charge on any atom is -0.387 e. The van der Waals surface area contributed by atoms with Crippen LogP contribution in [-0.2, 0) is 10.0 Å². The summed E-state index contributed by atoms with van der Waals surface area (Å²) in [6, 6.07) is 5.18. The molecular weight excluding hydrogens is 262 g/mol. The van der Waals surface area contributed by atoms with Crippen LogP contribution in [0.2, 0.25) is 0 Å².